The summed E-state index contributed by atoms with van der Waals surface area (Å²) in [6.07, 6.45) is 0. The van der Waals surface area contributed by atoms with Crippen LogP contribution in [0, 0.1) is 6.92 Å². The second-order valence-electron chi connectivity index (χ2n) is 14.1. The fraction of sp³-hybridized carbons (Fsp3) is 0.0189. The second-order valence-corrected chi connectivity index (χ2v) is 14.1. The van der Waals surface area contributed by atoms with E-state index in [1.807, 2.05) is 12.1 Å². The van der Waals surface area contributed by atoms with Crippen molar-refractivity contribution in [2.75, 3.05) is 4.90 Å². The molecule has 0 spiro atoms. The highest BCUT2D eigenvalue weighted by molar-refractivity contribution is 6.14. The van der Waals surface area contributed by atoms with Gasteiger partial charge in [0.15, 0.2) is 0 Å². The van der Waals surface area contributed by atoms with Crippen molar-refractivity contribution in [3.63, 3.8) is 0 Å². The van der Waals surface area contributed by atoms with Crippen LogP contribution in [0.4, 0.5) is 17.1 Å². The third-order valence-electron chi connectivity index (χ3n) is 10.9. The smallest absolute Gasteiger partial charge is 0.138 e. The number of hydrogen-bond acceptors (Lipinski definition) is 2. The second kappa shape index (κ2) is 13.7. The van der Waals surface area contributed by atoms with Crippen molar-refractivity contribution in [3.05, 3.63) is 212 Å². The molecular formula is C53H37NO. The largest absolute Gasteiger partial charge is 0.456 e. The zero-order valence-corrected chi connectivity index (χ0v) is 30.5. The molecule has 0 amide bonds. The molecule has 2 heteroatoms. The van der Waals surface area contributed by atoms with Gasteiger partial charge in [0.05, 0.1) is 5.69 Å². The molecule has 0 fully saturated rings. The molecule has 55 heavy (non-hydrogen) atoms. The number of hydrogen-bond donors (Lipinski definition) is 0. The van der Waals surface area contributed by atoms with Crippen LogP contribution in [0.5, 0.6) is 0 Å². The SMILES string of the molecule is Cc1c(-c2cccc(N(c3ccc(-c4ccccc4-c4ccccc4-c4ccccc4)cc3)c3cc4ccccc4c4ccccc34)c2)oc2ccccc12. The third kappa shape index (κ3) is 5.76. The Bertz CT molecular complexity index is 2990. The van der Waals surface area contributed by atoms with Gasteiger partial charge in [-0.2, -0.15) is 0 Å². The molecule has 260 valence electrons. The number of anilines is 3. The first-order valence-corrected chi connectivity index (χ1v) is 18.8. The highest BCUT2D eigenvalue weighted by Crippen LogP contribution is 2.45. The van der Waals surface area contributed by atoms with E-state index >= 15 is 0 Å². The molecule has 0 N–H and O–H groups in total. The lowest BCUT2D eigenvalue weighted by Crippen LogP contribution is -2.11. The lowest BCUT2D eigenvalue weighted by molar-refractivity contribution is 0.629. The Morgan fingerprint density at radius 1 is 0.364 bits per heavy atom. The fourth-order valence-corrected chi connectivity index (χ4v) is 8.23. The van der Waals surface area contributed by atoms with Crippen molar-refractivity contribution in [2.45, 2.75) is 6.92 Å². The van der Waals surface area contributed by atoms with E-state index in [1.165, 1.54) is 49.4 Å². The molecule has 10 aromatic rings. The van der Waals surface area contributed by atoms with Crippen molar-refractivity contribution in [2.24, 2.45) is 0 Å². The number of rotatable bonds is 7. The molecule has 0 atom stereocenters. The van der Waals surface area contributed by atoms with Gasteiger partial charge in [-0.05, 0) is 92.9 Å². The Labute approximate surface area is 321 Å². The van der Waals surface area contributed by atoms with Gasteiger partial charge in [-0.3, -0.25) is 0 Å². The summed E-state index contributed by atoms with van der Waals surface area (Å²) in [6, 6.07) is 74.0. The van der Waals surface area contributed by atoms with Gasteiger partial charge in [0.1, 0.15) is 11.3 Å². The van der Waals surface area contributed by atoms with E-state index in [0.717, 1.165) is 50.5 Å². The monoisotopic (exact) mass is 703 g/mol. The van der Waals surface area contributed by atoms with Crippen LogP contribution in [0.3, 0.4) is 0 Å². The Morgan fingerprint density at radius 2 is 0.909 bits per heavy atom. The summed E-state index contributed by atoms with van der Waals surface area (Å²) >= 11 is 0. The van der Waals surface area contributed by atoms with Gasteiger partial charge in [-0.15, -0.1) is 0 Å². The Balaban J connectivity index is 1.14. The lowest BCUT2D eigenvalue weighted by Gasteiger charge is -2.28. The normalized spacial score (nSPS) is 11.4. The quantitative estimate of drug-likeness (QED) is 0.154. The molecule has 1 aromatic heterocycles. The zero-order chi connectivity index (χ0) is 36.7. The van der Waals surface area contributed by atoms with Crippen LogP contribution in [0.25, 0.3) is 77.2 Å². The molecule has 0 radical (unpaired) electrons. The van der Waals surface area contributed by atoms with E-state index in [1.54, 1.807) is 0 Å². The van der Waals surface area contributed by atoms with Gasteiger partial charge in [0, 0.05) is 33.3 Å². The van der Waals surface area contributed by atoms with E-state index in [-0.39, 0.29) is 0 Å². The van der Waals surface area contributed by atoms with Crippen molar-refractivity contribution in [1.82, 2.24) is 0 Å². The molecule has 0 saturated carbocycles. The van der Waals surface area contributed by atoms with Gasteiger partial charge < -0.3 is 9.32 Å². The maximum Gasteiger partial charge on any atom is 0.138 e. The average molecular weight is 704 g/mol. The molecule has 0 aliphatic heterocycles. The van der Waals surface area contributed by atoms with E-state index in [2.05, 4.69) is 206 Å². The third-order valence-corrected chi connectivity index (χ3v) is 10.9. The summed E-state index contributed by atoms with van der Waals surface area (Å²) in [5, 5.41) is 6.01. The Morgan fingerprint density at radius 3 is 1.62 bits per heavy atom. The maximum atomic E-state index is 6.49. The summed E-state index contributed by atoms with van der Waals surface area (Å²) in [4.78, 5) is 2.40. The number of nitrogens with zero attached hydrogens (tertiary/aromatic N) is 1. The van der Waals surface area contributed by atoms with Crippen LogP contribution >= 0.6 is 0 Å². The first-order valence-electron chi connectivity index (χ1n) is 18.8. The number of fused-ring (bicyclic) bond motifs is 4. The molecule has 10 rings (SSSR count). The summed E-state index contributed by atoms with van der Waals surface area (Å²) in [5.74, 6) is 0.897. The number of benzene rings is 9. The van der Waals surface area contributed by atoms with Crippen LogP contribution in [-0.4, -0.2) is 0 Å². The highest BCUT2D eigenvalue weighted by atomic mass is 16.3. The first-order chi connectivity index (χ1) is 27.2. The summed E-state index contributed by atoms with van der Waals surface area (Å²) in [5.41, 5.74) is 13.6. The van der Waals surface area contributed by atoms with E-state index in [0.29, 0.717) is 0 Å². The van der Waals surface area contributed by atoms with Gasteiger partial charge in [-0.1, -0.05) is 170 Å². The molecule has 0 bridgehead atoms. The topological polar surface area (TPSA) is 16.4 Å². The standard InChI is InChI=1S/C53H37NO/c1-36-43-21-13-14-29-52(43)55-53(36)40-19-15-20-42(34-40)54(51-35-39-18-5-6-24-46(39)49-27-11-12-28-50(49)51)41-32-30-38(31-33-41)45-23-8-10-26-48(45)47-25-9-7-22-44(47)37-16-3-2-4-17-37/h2-35H,1H3. The molecular weight excluding hydrogens is 667 g/mol. The first kappa shape index (κ1) is 32.5. The van der Waals surface area contributed by atoms with Crippen LogP contribution < -0.4 is 4.90 Å². The van der Waals surface area contributed by atoms with E-state index in [4.69, 9.17) is 4.42 Å². The minimum atomic E-state index is 0.897. The molecule has 0 aliphatic rings. The minimum Gasteiger partial charge on any atom is -0.456 e. The van der Waals surface area contributed by atoms with Gasteiger partial charge in [0.25, 0.3) is 0 Å². The van der Waals surface area contributed by atoms with Crippen LogP contribution in [0.1, 0.15) is 5.56 Å². The molecule has 9 aromatic carbocycles. The maximum absolute atomic E-state index is 6.49. The molecule has 2 nitrogen and oxygen atoms in total. The van der Waals surface area contributed by atoms with Gasteiger partial charge in [-0.25, -0.2) is 0 Å². The highest BCUT2D eigenvalue weighted by Gasteiger charge is 2.20. The van der Waals surface area contributed by atoms with Crippen molar-refractivity contribution in [3.8, 4) is 44.7 Å². The predicted octanol–water partition coefficient (Wildman–Crippen LogP) is 15.2. The number of furan rings is 1. The predicted molar refractivity (Wildman–Crippen MR) is 232 cm³/mol. The van der Waals surface area contributed by atoms with Gasteiger partial charge in [0.2, 0.25) is 0 Å². The van der Waals surface area contributed by atoms with Crippen LogP contribution in [0.15, 0.2) is 211 Å². The minimum absolute atomic E-state index is 0.897. The summed E-state index contributed by atoms with van der Waals surface area (Å²) < 4.78 is 6.49. The number of para-hydroxylation sites is 1. The lowest BCUT2D eigenvalue weighted by atomic mass is 9.89. The molecule has 1 heterocycles. The molecule has 0 saturated heterocycles. The Kier molecular flexibility index (Phi) is 8.08. The zero-order valence-electron chi connectivity index (χ0n) is 30.5. The van der Waals surface area contributed by atoms with Gasteiger partial charge >= 0.3 is 0 Å². The van der Waals surface area contributed by atoms with Crippen molar-refractivity contribution >= 4 is 49.6 Å². The van der Waals surface area contributed by atoms with Crippen LogP contribution in [0.2, 0.25) is 0 Å². The van der Waals surface area contributed by atoms with E-state index in [9.17, 15) is 0 Å². The summed E-state index contributed by atoms with van der Waals surface area (Å²) in [7, 11) is 0. The fourth-order valence-electron chi connectivity index (χ4n) is 8.23. The van der Waals surface area contributed by atoms with Crippen LogP contribution in [-0.2, 0) is 0 Å². The number of aryl methyl sites for hydroxylation is 1. The average Bonchev–Trinajstić information content (AvgIpc) is 3.60. The molecule has 0 unspecified atom stereocenters. The summed E-state index contributed by atoms with van der Waals surface area (Å²) in [6.45, 7) is 2.15. The van der Waals surface area contributed by atoms with E-state index < -0.39 is 0 Å². The Hall–Kier alpha value is -7.16. The van der Waals surface area contributed by atoms with Crippen molar-refractivity contribution in [1.29, 1.82) is 0 Å². The molecule has 0 aliphatic carbocycles. The van der Waals surface area contributed by atoms with Crippen molar-refractivity contribution < 1.29 is 4.42 Å².